The molecule has 0 fully saturated rings. The van der Waals surface area contributed by atoms with Gasteiger partial charge >= 0.3 is 0 Å². The van der Waals surface area contributed by atoms with Gasteiger partial charge in [0, 0.05) is 11.6 Å². The molecule has 1 N–H and O–H groups in total. The van der Waals surface area contributed by atoms with Gasteiger partial charge in [-0.1, -0.05) is 17.2 Å². The Morgan fingerprint density at radius 1 is 1.33 bits per heavy atom. The molecule has 0 bridgehead atoms. The van der Waals surface area contributed by atoms with Crippen molar-refractivity contribution in [1.29, 1.82) is 0 Å². The number of aryl methyl sites for hydroxylation is 2. The molecule has 0 saturated heterocycles. The first kappa shape index (κ1) is 12.3. The number of nitrogens with zero attached hydrogens (tertiary/aromatic N) is 2. The minimum Gasteiger partial charge on any atom is -0.361 e. The highest BCUT2D eigenvalue weighted by Crippen LogP contribution is 2.19. The first-order valence-corrected chi connectivity index (χ1v) is 5.77. The third-order valence-corrected chi connectivity index (χ3v) is 2.60. The summed E-state index contributed by atoms with van der Waals surface area (Å²) in [5, 5.41) is 10.2. The topological polar surface area (TPSA) is 81.2 Å². The number of carbonyl (C=O) groups is 1. The molecule has 96 valence electrons. The number of amides is 1. The van der Waals surface area contributed by atoms with Gasteiger partial charge in [-0.3, -0.25) is 10.1 Å². The molecule has 2 rings (SSSR count). The predicted octanol–water partition coefficient (Wildman–Crippen LogP) is 2.02. The summed E-state index contributed by atoms with van der Waals surface area (Å²) in [5.74, 6) is 0.729. The maximum atomic E-state index is 11.8. The second kappa shape index (κ2) is 5.03. The molecule has 2 aromatic rings. The van der Waals surface area contributed by atoms with E-state index >= 15 is 0 Å². The molecule has 0 aliphatic carbocycles. The summed E-state index contributed by atoms with van der Waals surface area (Å²) in [6, 6.07) is 1.73. The molecule has 0 unspecified atom stereocenters. The fraction of sp³-hybridized carbons (Fsp3) is 0.417. The van der Waals surface area contributed by atoms with Crippen molar-refractivity contribution in [3.8, 4) is 0 Å². The Hall–Kier alpha value is -2.11. The van der Waals surface area contributed by atoms with Crippen molar-refractivity contribution in [3.05, 3.63) is 28.8 Å². The third kappa shape index (κ3) is 2.58. The molecule has 6 nitrogen and oxygen atoms in total. The van der Waals surface area contributed by atoms with E-state index in [1.54, 1.807) is 13.0 Å². The number of rotatable bonds is 4. The monoisotopic (exact) mass is 249 g/mol. The number of hydrogen-bond donors (Lipinski definition) is 1. The Labute approximate surface area is 104 Å². The fourth-order valence-electron chi connectivity index (χ4n) is 1.73. The second-order valence-corrected chi connectivity index (χ2v) is 4.09. The van der Waals surface area contributed by atoms with E-state index in [1.807, 2.05) is 13.8 Å². The largest absolute Gasteiger partial charge is 0.361 e. The van der Waals surface area contributed by atoms with Gasteiger partial charge in [0.2, 0.25) is 11.8 Å². The predicted molar refractivity (Wildman–Crippen MR) is 64.2 cm³/mol. The molecule has 0 aliphatic heterocycles. The number of aromatic nitrogens is 2. The zero-order valence-electron chi connectivity index (χ0n) is 10.6. The zero-order valence-corrected chi connectivity index (χ0v) is 10.6. The van der Waals surface area contributed by atoms with Crippen molar-refractivity contribution < 1.29 is 13.8 Å². The van der Waals surface area contributed by atoms with E-state index in [1.165, 1.54) is 0 Å². The van der Waals surface area contributed by atoms with Gasteiger partial charge in [-0.05, 0) is 20.3 Å². The summed E-state index contributed by atoms with van der Waals surface area (Å²) in [7, 11) is 0. The smallest absolute Gasteiger partial charge is 0.234 e. The second-order valence-electron chi connectivity index (χ2n) is 4.09. The van der Waals surface area contributed by atoms with E-state index in [0.717, 1.165) is 23.4 Å². The van der Waals surface area contributed by atoms with E-state index in [9.17, 15) is 4.79 Å². The quantitative estimate of drug-likeness (QED) is 0.896. The molecular weight excluding hydrogens is 234 g/mol. The van der Waals surface area contributed by atoms with Crippen molar-refractivity contribution in [2.75, 3.05) is 5.32 Å². The lowest BCUT2D eigenvalue weighted by Gasteiger charge is -2.01. The van der Waals surface area contributed by atoms with Crippen LogP contribution in [0.25, 0.3) is 0 Å². The molecule has 2 aromatic heterocycles. The number of carbonyl (C=O) groups excluding carboxylic acids is 1. The van der Waals surface area contributed by atoms with Crippen LogP contribution in [-0.2, 0) is 17.6 Å². The molecule has 2 heterocycles. The van der Waals surface area contributed by atoms with E-state index < -0.39 is 0 Å². The first-order chi connectivity index (χ1) is 8.60. The Morgan fingerprint density at radius 2 is 2.11 bits per heavy atom. The molecule has 0 aromatic carbocycles. The molecule has 0 atom stereocenters. The minimum absolute atomic E-state index is 0.129. The highest BCUT2D eigenvalue weighted by atomic mass is 16.5. The fourth-order valence-corrected chi connectivity index (χ4v) is 1.73. The van der Waals surface area contributed by atoms with Crippen LogP contribution in [-0.4, -0.2) is 16.2 Å². The van der Waals surface area contributed by atoms with Gasteiger partial charge in [-0.25, -0.2) is 0 Å². The standard InChI is InChI=1S/C12H15N3O3/c1-4-10-8(3)15-18-12(10)13-11(16)6-9-5-7(2)14-17-9/h5H,4,6H2,1-3H3,(H,13,16). The van der Waals surface area contributed by atoms with Gasteiger partial charge in [0.1, 0.15) is 5.76 Å². The molecule has 6 heteroatoms. The van der Waals surface area contributed by atoms with Gasteiger partial charge < -0.3 is 9.05 Å². The lowest BCUT2D eigenvalue weighted by Crippen LogP contribution is -2.14. The van der Waals surface area contributed by atoms with Crippen LogP contribution < -0.4 is 5.32 Å². The SMILES string of the molecule is CCc1c(C)noc1NC(=O)Cc1cc(C)no1. The van der Waals surface area contributed by atoms with Crippen LogP contribution in [0.2, 0.25) is 0 Å². The van der Waals surface area contributed by atoms with Crippen LogP contribution in [0.1, 0.15) is 29.6 Å². The van der Waals surface area contributed by atoms with Crippen molar-refractivity contribution >= 4 is 11.8 Å². The normalized spacial score (nSPS) is 10.6. The van der Waals surface area contributed by atoms with Gasteiger partial charge in [0.25, 0.3) is 0 Å². The van der Waals surface area contributed by atoms with E-state index in [-0.39, 0.29) is 12.3 Å². The molecule has 0 saturated carbocycles. The Bertz CT molecular complexity index is 557. The van der Waals surface area contributed by atoms with Crippen molar-refractivity contribution in [2.24, 2.45) is 0 Å². The lowest BCUT2D eigenvalue weighted by molar-refractivity contribution is -0.116. The van der Waals surface area contributed by atoms with Crippen LogP contribution in [0.15, 0.2) is 15.1 Å². The average molecular weight is 249 g/mol. The zero-order chi connectivity index (χ0) is 13.1. The molecule has 0 aliphatic rings. The van der Waals surface area contributed by atoms with Crippen LogP contribution in [0.5, 0.6) is 0 Å². The number of nitrogens with one attached hydrogen (secondary N) is 1. The van der Waals surface area contributed by atoms with Gasteiger partial charge in [-0.15, -0.1) is 0 Å². The summed E-state index contributed by atoms with van der Waals surface area (Å²) in [6.07, 6.45) is 0.885. The van der Waals surface area contributed by atoms with E-state index in [2.05, 4.69) is 15.6 Å². The summed E-state index contributed by atoms with van der Waals surface area (Å²) in [6.45, 7) is 5.63. The average Bonchev–Trinajstić information content (AvgIpc) is 2.86. The maximum Gasteiger partial charge on any atom is 0.234 e. The van der Waals surface area contributed by atoms with Gasteiger partial charge in [0.15, 0.2) is 0 Å². The maximum absolute atomic E-state index is 11.8. The molecule has 1 amide bonds. The van der Waals surface area contributed by atoms with Crippen LogP contribution in [0, 0.1) is 13.8 Å². The molecular formula is C12H15N3O3. The van der Waals surface area contributed by atoms with Crippen LogP contribution in [0.4, 0.5) is 5.88 Å². The Balaban J connectivity index is 2.03. The highest BCUT2D eigenvalue weighted by molar-refractivity contribution is 5.91. The van der Waals surface area contributed by atoms with Crippen LogP contribution >= 0.6 is 0 Å². The summed E-state index contributed by atoms with van der Waals surface area (Å²) >= 11 is 0. The Kier molecular flexibility index (Phi) is 3.45. The summed E-state index contributed by atoms with van der Waals surface area (Å²) < 4.78 is 10.0. The van der Waals surface area contributed by atoms with Crippen molar-refractivity contribution in [2.45, 2.75) is 33.6 Å². The number of hydrogen-bond acceptors (Lipinski definition) is 5. The minimum atomic E-state index is -0.211. The molecule has 18 heavy (non-hydrogen) atoms. The Morgan fingerprint density at radius 3 is 2.72 bits per heavy atom. The first-order valence-electron chi connectivity index (χ1n) is 5.77. The third-order valence-electron chi connectivity index (χ3n) is 2.60. The molecule has 0 radical (unpaired) electrons. The summed E-state index contributed by atoms with van der Waals surface area (Å²) in [5.41, 5.74) is 2.46. The number of anilines is 1. The van der Waals surface area contributed by atoms with Crippen LogP contribution in [0.3, 0.4) is 0 Å². The van der Waals surface area contributed by atoms with E-state index in [0.29, 0.717) is 11.6 Å². The highest BCUT2D eigenvalue weighted by Gasteiger charge is 2.15. The lowest BCUT2D eigenvalue weighted by atomic mass is 10.2. The van der Waals surface area contributed by atoms with Gasteiger partial charge in [-0.2, -0.15) is 0 Å². The van der Waals surface area contributed by atoms with E-state index in [4.69, 9.17) is 9.05 Å². The van der Waals surface area contributed by atoms with Gasteiger partial charge in [0.05, 0.1) is 17.8 Å². The molecule has 0 spiro atoms. The van der Waals surface area contributed by atoms with Crippen molar-refractivity contribution in [1.82, 2.24) is 10.3 Å². The summed E-state index contributed by atoms with van der Waals surface area (Å²) in [4.78, 5) is 11.8. The van der Waals surface area contributed by atoms with Crippen molar-refractivity contribution in [3.63, 3.8) is 0 Å².